The maximum atomic E-state index is 12.4. The molecule has 1 aromatic rings. The minimum Gasteiger partial charge on any atom is -0.380 e. The van der Waals surface area contributed by atoms with Gasteiger partial charge in [-0.3, -0.25) is 0 Å². The molecule has 0 radical (unpaired) electrons. The molecular weight excluding hydrogens is 155 g/mol. The topological polar surface area (TPSA) is 20.2 Å². The van der Waals surface area contributed by atoms with E-state index in [9.17, 15) is 4.39 Å². The summed E-state index contributed by atoms with van der Waals surface area (Å²) in [7, 11) is 0. The van der Waals surface area contributed by atoms with Crippen LogP contribution in [0.4, 0.5) is 4.39 Å². The van der Waals surface area contributed by atoms with Crippen molar-refractivity contribution in [3.8, 4) is 12.3 Å². The normalized spacial score (nSPS) is 12.1. The molecule has 0 amide bonds. The monoisotopic (exact) mass is 164 g/mol. The Balaban J connectivity index is 2.66. The molecule has 0 aliphatic carbocycles. The summed E-state index contributed by atoms with van der Waals surface area (Å²) in [6.07, 6.45) is 4.57. The van der Waals surface area contributed by atoms with E-state index in [1.807, 2.05) is 0 Å². The number of rotatable bonds is 2. The molecule has 2 heteroatoms. The van der Waals surface area contributed by atoms with Crippen molar-refractivity contribution in [2.45, 2.75) is 12.5 Å². The van der Waals surface area contributed by atoms with Gasteiger partial charge in [-0.1, -0.05) is 18.1 Å². The molecule has 1 N–H and O–H groups in total. The van der Waals surface area contributed by atoms with Crippen LogP contribution in [0.15, 0.2) is 24.3 Å². The Bertz CT molecular complexity index is 284. The Kier molecular flexibility index (Phi) is 2.84. The van der Waals surface area contributed by atoms with E-state index in [1.165, 1.54) is 12.1 Å². The van der Waals surface area contributed by atoms with Crippen LogP contribution in [0.1, 0.15) is 5.56 Å². The number of hydrogen-bond acceptors (Lipinski definition) is 1. The predicted molar refractivity (Wildman–Crippen MR) is 44.9 cm³/mol. The smallest absolute Gasteiger partial charge is 0.123 e. The fraction of sp³-hybridized carbons (Fsp3) is 0.200. The summed E-state index contributed by atoms with van der Waals surface area (Å²) in [4.78, 5) is 0. The molecule has 0 spiro atoms. The van der Waals surface area contributed by atoms with Gasteiger partial charge in [0.2, 0.25) is 0 Å². The Morgan fingerprint density at radius 1 is 1.42 bits per heavy atom. The summed E-state index contributed by atoms with van der Waals surface area (Å²) >= 11 is 0. The molecule has 1 unspecified atom stereocenters. The molecule has 0 aliphatic rings. The summed E-state index contributed by atoms with van der Waals surface area (Å²) in [5, 5.41) is 9.05. The lowest BCUT2D eigenvalue weighted by Crippen LogP contribution is -2.06. The van der Waals surface area contributed by atoms with Crippen molar-refractivity contribution >= 4 is 0 Å². The predicted octanol–water partition coefficient (Wildman–Crippen LogP) is 1.36. The third-order valence-corrected chi connectivity index (χ3v) is 1.53. The Morgan fingerprint density at radius 2 is 2.00 bits per heavy atom. The third-order valence-electron chi connectivity index (χ3n) is 1.53. The average Bonchev–Trinajstić information content (AvgIpc) is 2.09. The van der Waals surface area contributed by atoms with Crippen molar-refractivity contribution in [1.29, 1.82) is 0 Å². The summed E-state index contributed by atoms with van der Waals surface area (Å²) in [5.74, 6) is 1.91. The molecule has 1 rings (SSSR count). The van der Waals surface area contributed by atoms with E-state index < -0.39 is 6.10 Å². The van der Waals surface area contributed by atoms with Gasteiger partial charge in [-0.05, 0) is 17.7 Å². The van der Waals surface area contributed by atoms with Crippen LogP contribution in [-0.4, -0.2) is 11.2 Å². The molecule has 0 aromatic heterocycles. The van der Waals surface area contributed by atoms with Gasteiger partial charge in [0.15, 0.2) is 0 Å². The van der Waals surface area contributed by atoms with E-state index in [2.05, 4.69) is 5.92 Å². The van der Waals surface area contributed by atoms with Gasteiger partial charge in [-0.25, -0.2) is 4.39 Å². The number of halogens is 1. The van der Waals surface area contributed by atoms with Gasteiger partial charge in [0, 0.05) is 6.42 Å². The molecule has 0 bridgehead atoms. The van der Waals surface area contributed by atoms with Crippen molar-refractivity contribution in [3.63, 3.8) is 0 Å². The largest absolute Gasteiger partial charge is 0.380 e. The molecule has 62 valence electrons. The van der Waals surface area contributed by atoms with E-state index in [0.29, 0.717) is 6.42 Å². The lowest BCUT2D eigenvalue weighted by Gasteiger charge is -2.02. The Hall–Kier alpha value is -1.33. The van der Waals surface area contributed by atoms with Gasteiger partial charge in [0.05, 0.1) is 0 Å². The average molecular weight is 164 g/mol. The van der Waals surface area contributed by atoms with Crippen molar-refractivity contribution in [1.82, 2.24) is 0 Å². The molecule has 1 aromatic carbocycles. The number of hydrogen-bond donors (Lipinski definition) is 1. The first-order chi connectivity index (χ1) is 5.72. The molecule has 0 fully saturated rings. The van der Waals surface area contributed by atoms with Gasteiger partial charge in [-0.2, -0.15) is 0 Å². The van der Waals surface area contributed by atoms with Crippen molar-refractivity contribution in [2.75, 3.05) is 0 Å². The maximum absolute atomic E-state index is 12.4. The van der Waals surface area contributed by atoms with E-state index in [4.69, 9.17) is 11.5 Å². The molecule has 0 saturated carbocycles. The minimum atomic E-state index is -0.782. The fourth-order valence-electron chi connectivity index (χ4n) is 0.903. The van der Waals surface area contributed by atoms with Crippen LogP contribution in [0.5, 0.6) is 0 Å². The Morgan fingerprint density at radius 3 is 2.50 bits per heavy atom. The second kappa shape index (κ2) is 3.89. The molecule has 0 aliphatic heterocycles. The molecular formula is C10H9FO. The number of aliphatic hydroxyl groups is 1. The van der Waals surface area contributed by atoms with Crippen LogP contribution in [0.2, 0.25) is 0 Å². The quantitative estimate of drug-likeness (QED) is 0.654. The molecule has 0 saturated heterocycles. The first kappa shape index (κ1) is 8.76. The van der Waals surface area contributed by atoms with Crippen LogP contribution >= 0.6 is 0 Å². The van der Waals surface area contributed by atoms with E-state index in [0.717, 1.165) is 5.56 Å². The zero-order valence-electron chi connectivity index (χ0n) is 6.50. The standard InChI is InChI=1S/C10H9FO/c1-2-10(12)7-8-3-5-9(11)6-4-8/h1,3-6,10,12H,7H2. The second-order valence-electron chi connectivity index (χ2n) is 2.51. The van der Waals surface area contributed by atoms with E-state index in [1.54, 1.807) is 12.1 Å². The highest BCUT2D eigenvalue weighted by atomic mass is 19.1. The summed E-state index contributed by atoms with van der Waals surface area (Å²) in [6.45, 7) is 0. The third kappa shape index (κ3) is 2.37. The van der Waals surface area contributed by atoms with Crippen molar-refractivity contribution < 1.29 is 9.50 Å². The molecule has 1 nitrogen and oxygen atoms in total. The molecule has 1 atom stereocenters. The highest BCUT2D eigenvalue weighted by Crippen LogP contribution is 2.05. The molecule has 12 heavy (non-hydrogen) atoms. The second-order valence-corrected chi connectivity index (χ2v) is 2.51. The van der Waals surface area contributed by atoms with Crippen LogP contribution in [0.25, 0.3) is 0 Å². The van der Waals surface area contributed by atoms with Crippen LogP contribution in [0, 0.1) is 18.2 Å². The first-order valence-electron chi connectivity index (χ1n) is 3.61. The summed E-state index contributed by atoms with van der Waals surface area (Å²) < 4.78 is 12.4. The minimum absolute atomic E-state index is 0.283. The van der Waals surface area contributed by atoms with Crippen LogP contribution in [0.3, 0.4) is 0 Å². The summed E-state index contributed by atoms with van der Waals surface area (Å²) in [5.41, 5.74) is 0.835. The van der Waals surface area contributed by atoms with Crippen molar-refractivity contribution in [2.24, 2.45) is 0 Å². The van der Waals surface area contributed by atoms with Crippen LogP contribution < -0.4 is 0 Å². The number of benzene rings is 1. The molecule has 0 heterocycles. The summed E-state index contributed by atoms with van der Waals surface area (Å²) in [6, 6.07) is 5.91. The zero-order valence-corrected chi connectivity index (χ0v) is 6.50. The lowest BCUT2D eigenvalue weighted by molar-refractivity contribution is 0.233. The van der Waals surface area contributed by atoms with Gasteiger partial charge >= 0.3 is 0 Å². The lowest BCUT2D eigenvalue weighted by atomic mass is 10.1. The van der Waals surface area contributed by atoms with Gasteiger partial charge in [-0.15, -0.1) is 6.42 Å². The Labute approximate surface area is 70.9 Å². The SMILES string of the molecule is C#CC(O)Cc1ccc(F)cc1. The zero-order chi connectivity index (χ0) is 8.97. The number of terminal acetylenes is 1. The van der Waals surface area contributed by atoms with E-state index >= 15 is 0 Å². The van der Waals surface area contributed by atoms with Crippen molar-refractivity contribution in [3.05, 3.63) is 35.6 Å². The van der Waals surface area contributed by atoms with Gasteiger partial charge in [0.1, 0.15) is 11.9 Å². The highest BCUT2D eigenvalue weighted by Gasteiger charge is 2.00. The first-order valence-corrected chi connectivity index (χ1v) is 3.61. The maximum Gasteiger partial charge on any atom is 0.123 e. The van der Waals surface area contributed by atoms with Crippen LogP contribution in [-0.2, 0) is 6.42 Å². The highest BCUT2D eigenvalue weighted by molar-refractivity contribution is 5.18. The van der Waals surface area contributed by atoms with Gasteiger partial charge < -0.3 is 5.11 Å². The number of aliphatic hydroxyl groups excluding tert-OH is 1. The fourth-order valence-corrected chi connectivity index (χ4v) is 0.903. The van der Waals surface area contributed by atoms with Gasteiger partial charge in [0.25, 0.3) is 0 Å². The van der Waals surface area contributed by atoms with E-state index in [-0.39, 0.29) is 5.82 Å².